The molecule has 1 aromatic rings. The van der Waals surface area contributed by atoms with Gasteiger partial charge in [-0.25, -0.2) is 0 Å². The third-order valence-corrected chi connectivity index (χ3v) is 1.38. The summed E-state index contributed by atoms with van der Waals surface area (Å²) in [6.45, 7) is 2.20. The van der Waals surface area contributed by atoms with Gasteiger partial charge in [0, 0.05) is 0 Å². The van der Waals surface area contributed by atoms with Crippen molar-refractivity contribution in [2.24, 2.45) is 0 Å². The second-order valence-corrected chi connectivity index (χ2v) is 2.24. The van der Waals surface area contributed by atoms with Crippen molar-refractivity contribution >= 4 is 0 Å². The standard InChI is InChI=1S/C9H12.2ClH.Ru/c1-2-6-9-7-4-3-5-8-9;;;/h3-5,7-8H,2,6H2,1H3;2*1H;/q;;;+2/p-2. The van der Waals surface area contributed by atoms with Crippen molar-refractivity contribution in [3.63, 3.8) is 0 Å². The van der Waals surface area contributed by atoms with Crippen LogP contribution in [0, 0.1) is 0 Å². The van der Waals surface area contributed by atoms with Crippen molar-refractivity contribution in [1.82, 2.24) is 0 Å². The van der Waals surface area contributed by atoms with E-state index in [-0.39, 0.29) is 44.3 Å². The molecule has 0 heterocycles. The van der Waals surface area contributed by atoms with E-state index in [2.05, 4.69) is 37.3 Å². The monoisotopic (exact) mass is 292 g/mol. The molecule has 0 aliphatic heterocycles. The Kier molecular flexibility index (Phi) is 17.4. The van der Waals surface area contributed by atoms with Gasteiger partial charge in [0.2, 0.25) is 0 Å². The summed E-state index contributed by atoms with van der Waals surface area (Å²) in [6.07, 6.45) is 2.45. The van der Waals surface area contributed by atoms with Gasteiger partial charge in [0.1, 0.15) is 0 Å². The molecule has 0 nitrogen and oxygen atoms in total. The van der Waals surface area contributed by atoms with Gasteiger partial charge in [-0.3, -0.25) is 0 Å². The van der Waals surface area contributed by atoms with Crippen LogP contribution in [0.4, 0.5) is 0 Å². The fraction of sp³-hybridized carbons (Fsp3) is 0.333. The molecule has 0 saturated heterocycles. The maximum Gasteiger partial charge on any atom is 2.00 e. The topological polar surface area (TPSA) is 0 Å². The fourth-order valence-electron chi connectivity index (χ4n) is 0.933. The van der Waals surface area contributed by atoms with E-state index >= 15 is 0 Å². The zero-order valence-electron chi connectivity index (χ0n) is 6.91. The van der Waals surface area contributed by atoms with Crippen molar-refractivity contribution in [1.29, 1.82) is 0 Å². The molecule has 0 saturated carbocycles. The number of hydrogen-bond donors (Lipinski definition) is 0. The van der Waals surface area contributed by atoms with E-state index in [0.29, 0.717) is 0 Å². The number of aryl methyl sites for hydroxylation is 1. The molecule has 0 atom stereocenters. The summed E-state index contributed by atoms with van der Waals surface area (Å²) in [5.41, 5.74) is 1.44. The first-order valence-corrected chi connectivity index (χ1v) is 3.47. The van der Waals surface area contributed by atoms with Gasteiger partial charge in [-0.2, -0.15) is 0 Å². The molecule has 0 spiro atoms. The quantitative estimate of drug-likeness (QED) is 0.500. The Bertz CT molecular complexity index is 165. The third-order valence-electron chi connectivity index (χ3n) is 1.38. The van der Waals surface area contributed by atoms with E-state index in [9.17, 15) is 0 Å². The van der Waals surface area contributed by atoms with E-state index in [0.717, 1.165) is 0 Å². The van der Waals surface area contributed by atoms with Crippen LogP contribution in [0.1, 0.15) is 18.9 Å². The minimum Gasteiger partial charge on any atom is -1.00 e. The smallest absolute Gasteiger partial charge is 1.00 e. The Labute approximate surface area is 99.7 Å². The molecule has 0 radical (unpaired) electrons. The summed E-state index contributed by atoms with van der Waals surface area (Å²) in [6, 6.07) is 10.6. The van der Waals surface area contributed by atoms with Crippen LogP contribution in [-0.4, -0.2) is 0 Å². The Morgan fingerprint density at radius 3 is 1.92 bits per heavy atom. The van der Waals surface area contributed by atoms with Gasteiger partial charge in [-0.1, -0.05) is 43.7 Å². The van der Waals surface area contributed by atoms with Gasteiger partial charge < -0.3 is 24.8 Å². The van der Waals surface area contributed by atoms with Crippen LogP contribution in [0.2, 0.25) is 0 Å². The first kappa shape index (κ1) is 18.3. The van der Waals surface area contributed by atoms with Gasteiger partial charge in [-0.05, 0) is 12.0 Å². The maximum atomic E-state index is 2.20. The normalized spacial score (nSPS) is 7.08. The number of halogens is 2. The van der Waals surface area contributed by atoms with Crippen molar-refractivity contribution < 1.29 is 44.3 Å². The number of benzene rings is 1. The van der Waals surface area contributed by atoms with Crippen LogP contribution in [0.15, 0.2) is 30.3 Å². The molecule has 70 valence electrons. The van der Waals surface area contributed by atoms with Crippen LogP contribution in [0.3, 0.4) is 0 Å². The van der Waals surface area contributed by atoms with E-state index in [1.807, 2.05) is 0 Å². The Hall–Kier alpha value is 0.423. The molecule has 0 unspecified atom stereocenters. The SMILES string of the molecule is CCCc1ccccc1.[Cl-].[Cl-].[Ru+2]. The maximum absolute atomic E-state index is 2.20. The molecule has 0 aliphatic carbocycles. The predicted molar refractivity (Wildman–Crippen MR) is 40.4 cm³/mol. The average molecular weight is 292 g/mol. The number of hydrogen-bond acceptors (Lipinski definition) is 0. The Balaban J connectivity index is -0.000000270. The van der Waals surface area contributed by atoms with Crippen LogP contribution in [0.25, 0.3) is 0 Å². The second-order valence-electron chi connectivity index (χ2n) is 2.24. The first-order chi connectivity index (χ1) is 4.43. The minimum atomic E-state index is 0. The molecule has 0 fully saturated rings. The average Bonchev–Trinajstić information content (AvgIpc) is 1.91. The Morgan fingerprint density at radius 2 is 1.50 bits per heavy atom. The van der Waals surface area contributed by atoms with Crippen molar-refractivity contribution in [3.05, 3.63) is 35.9 Å². The van der Waals surface area contributed by atoms with E-state index < -0.39 is 0 Å². The summed E-state index contributed by atoms with van der Waals surface area (Å²) in [5, 5.41) is 0. The first-order valence-electron chi connectivity index (χ1n) is 3.47. The summed E-state index contributed by atoms with van der Waals surface area (Å²) in [4.78, 5) is 0. The molecule has 3 heteroatoms. The molecule has 0 amide bonds. The van der Waals surface area contributed by atoms with Gasteiger partial charge in [0.05, 0.1) is 0 Å². The van der Waals surface area contributed by atoms with Gasteiger partial charge in [0.25, 0.3) is 0 Å². The molecule has 1 aromatic carbocycles. The minimum absolute atomic E-state index is 0. The number of rotatable bonds is 2. The summed E-state index contributed by atoms with van der Waals surface area (Å²) >= 11 is 0. The zero-order valence-corrected chi connectivity index (χ0v) is 10.2. The molecular weight excluding hydrogens is 280 g/mol. The predicted octanol–water partition coefficient (Wildman–Crippen LogP) is -3.36. The molecule has 1 rings (SSSR count). The van der Waals surface area contributed by atoms with E-state index in [4.69, 9.17) is 0 Å². The summed E-state index contributed by atoms with van der Waals surface area (Å²) < 4.78 is 0. The van der Waals surface area contributed by atoms with Crippen LogP contribution >= 0.6 is 0 Å². The molecule has 0 bridgehead atoms. The van der Waals surface area contributed by atoms with Gasteiger partial charge in [-0.15, -0.1) is 0 Å². The molecular formula is C9H12Cl2Ru. The van der Waals surface area contributed by atoms with Crippen LogP contribution in [-0.2, 0) is 25.9 Å². The fourth-order valence-corrected chi connectivity index (χ4v) is 0.933. The van der Waals surface area contributed by atoms with Crippen molar-refractivity contribution in [2.45, 2.75) is 19.8 Å². The second kappa shape index (κ2) is 11.4. The van der Waals surface area contributed by atoms with Crippen LogP contribution in [0.5, 0.6) is 0 Å². The third kappa shape index (κ3) is 7.09. The van der Waals surface area contributed by atoms with E-state index in [1.54, 1.807) is 0 Å². The largest absolute Gasteiger partial charge is 2.00 e. The van der Waals surface area contributed by atoms with Gasteiger partial charge >= 0.3 is 19.5 Å². The molecule has 12 heavy (non-hydrogen) atoms. The Morgan fingerprint density at radius 1 is 1.00 bits per heavy atom. The summed E-state index contributed by atoms with van der Waals surface area (Å²) in [7, 11) is 0. The molecule has 0 aliphatic rings. The van der Waals surface area contributed by atoms with Gasteiger partial charge in [0.15, 0.2) is 0 Å². The molecule has 0 N–H and O–H groups in total. The summed E-state index contributed by atoms with van der Waals surface area (Å²) in [5.74, 6) is 0. The zero-order chi connectivity index (χ0) is 6.53. The van der Waals surface area contributed by atoms with E-state index in [1.165, 1.54) is 18.4 Å². The van der Waals surface area contributed by atoms with Crippen molar-refractivity contribution in [3.8, 4) is 0 Å². The van der Waals surface area contributed by atoms with Crippen molar-refractivity contribution in [2.75, 3.05) is 0 Å². The van der Waals surface area contributed by atoms with Crippen LogP contribution < -0.4 is 24.8 Å². The molecule has 0 aromatic heterocycles.